The van der Waals surface area contributed by atoms with Crippen molar-refractivity contribution < 1.29 is 22.7 Å². The Bertz CT molecular complexity index is 1050. The summed E-state index contributed by atoms with van der Waals surface area (Å²) in [5.41, 5.74) is 2.21. The molecule has 0 atom stereocenters. The van der Waals surface area contributed by atoms with E-state index in [4.69, 9.17) is 21.1 Å². The third-order valence-corrected chi connectivity index (χ3v) is 7.67. The summed E-state index contributed by atoms with van der Waals surface area (Å²) in [5, 5.41) is 3.24. The molecule has 0 bridgehead atoms. The van der Waals surface area contributed by atoms with Crippen LogP contribution in [0.5, 0.6) is 11.5 Å². The maximum Gasteiger partial charge on any atom is 0.227 e. The van der Waals surface area contributed by atoms with Crippen LogP contribution in [0.1, 0.15) is 24.0 Å². The minimum atomic E-state index is -3.44. The number of ether oxygens (including phenoxy) is 2. The number of amides is 1. The first kappa shape index (κ1) is 23.4. The largest absolute Gasteiger partial charge is 0.495 e. The van der Waals surface area contributed by atoms with Gasteiger partial charge in [-0.05, 0) is 30.9 Å². The summed E-state index contributed by atoms with van der Waals surface area (Å²) in [6.45, 7) is 2.53. The first-order chi connectivity index (χ1) is 14.7. The zero-order valence-electron chi connectivity index (χ0n) is 17.9. The van der Waals surface area contributed by atoms with Crippen LogP contribution in [-0.2, 0) is 20.6 Å². The highest BCUT2D eigenvalue weighted by molar-refractivity contribution is 7.88. The Hall–Kier alpha value is -2.29. The number of nitrogens with one attached hydrogen (secondary N) is 1. The van der Waals surface area contributed by atoms with Gasteiger partial charge in [-0.2, -0.15) is 0 Å². The average Bonchev–Trinajstić information content (AvgIpc) is 2.76. The van der Waals surface area contributed by atoms with E-state index in [1.54, 1.807) is 12.1 Å². The van der Waals surface area contributed by atoms with Crippen molar-refractivity contribution in [1.82, 2.24) is 4.31 Å². The number of sulfonamides is 1. The molecule has 168 valence electrons. The van der Waals surface area contributed by atoms with Crippen LogP contribution in [0.3, 0.4) is 0 Å². The second-order valence-corrected chi connectivity index (χ2v) is 9.91. The van der Waals surface area contributed by atoms with E-state index in [2.05, 4.69) is 5.32 Å². The van der Waals surface area contributed by atoms with Gasteiger partial charge in [-0.25, -0.2) is 12.7 Å². The smallest absolute Gasteiger partial charge is 0.227 e. The zero-order valence-corrected chi connectivity index (χ0v) is 19.4. The Morgan fingerprint density at radius 3 is 2.39 bits per heavy atom. The van der Waals surface area contributed by atoms with E-state index in [-0.39, 0.29) is 17.6 Å². The van der Waals surface area contributed by atoms with Gasteiger partial charge in [0, 0.05) is 31.1 Å². The number of methoxy groups -OCH3 is 2. The number of benzene rings is 2. The first-order valence-electron chi connectivity index (χ1n) is 10.00. The molecule has 1 fully saturated rings. The number of anilines is 1. The molecule has 9 heteroatoms. The fourth-order valence-corrected chi connectivity index (χ4v) is 5.55. The quantitative estimate of drug-likeness (QED) is 0.670. The van der Waals surface area contributed by atoms with E-state index in [1.807, 2.05) is 31.2 Å². The number of piperidine rings is 1. The van der Waals surface area contributed by atoms with Crippen LogP contribution in [0.2, 0.25) is 5.02 Å². The van der Waals surface area contributed by atoms with Crippen LogP contribution in [0.4, 0.5) is 5.69 Å². The fourth-order valence-electron chi connectivity index (χ4n) is 3.65. The van der Waals surface area contributed by atoms with E-state index in [9.17, 15) is 13.2 Å². The van der Waals surface area contributed by atoms with Gasteiger partial charge < -0.3 is 14.8 Å². The minimum absolute atomic E-state index is 0.0295. The van der Waals surface area contributed by atoms with Gasteiger partial charge in [-0.3, -0.25) is 4.79 Å². The number of rotatable bonds is 7. The summed E-state index contributed by atoms with van der Waals surface area (Å²) in [6, 6.07) is 10.7. The van der Waals surface area contributed by atoms with E-state index in [0.717, 1.165) is 11.1 Å². The highest BCUT2D eigenvalue weighted by atomic mass is 35.5. The average molecular weight is 467 g/mol. The monoisotopic (exact) mass is 466 g/mol. The Morgan fingerprint density at radius 1 is 1.13 bits per heavy atom. The van der Waals surface area contributed by atoms with E-state index in [1.165, 1.54) is 18.5 Å². The number of aryl methyl sites for hydroxylation is 1. The first-order valence-corrected chi connectivity index (χ1v) is 12.0. The van der Waals surface area contributed by atoms with Gasteiger partial charge >= 0.3 is 0 Å². The second-order valence-electron chi connectivity index (χ2n) is 7.53. The molecule has 0 aliphatic carbocycles. The predicted molar refractivity (Wildman–Crippen MR) is 121 cm³/mol. The Morgan fingerprint density at radius 2 is 1.77 bits per heavy atom. The van der Waals surface area contributed by atoms with E-state index in [0.29, 0.717) is 48.1 Å². The molecule has 1 aliphatic heterocycles. The molecular weight excluding hydrogens is 440 g/mol. The number of carbonyl (C=O) groups excluding carboxylic acids is 1. The third-order valence-electron chi connectivity index (χ3n) is 5.55. The summed E-state index contributed by atoms with van der Waals surface area (Å²) < 4.78 is 37.7. The van der Waals surface area contributed by atoms with Crippen molar-refractivity contribution in [3.05, 3.63) is 52.5 Å². The Balaban J connectivity index is 1.63. The van der Waals surface area contributed by atoms with E-state index >= 15 is 0 Å². The lowest BCUT2D eigenvalue weighted by Gasteiger charge is -2.30. The predicted octanol–water partition coefficient (Wildman–Crippen LogP) is 3.85. The number of halogens is 1. The highest BCUT2D eigenvalue weighted by Crippen LogP contribution is 2.36. The maximum absolute atomic E-state index is 12.8. The normalized spacial score (nSPS) is 15.5. The molecule has 1 amide bonds. The number of nitrogens with zero attached hydrogens (tertiary/aromatic N) is 1. The SMILES string of the molecule is COc1cc(NC(=O)C2CCN(S(=O)(=O)Cc3ccccc3C)CC2)c(OC)cc1Cl. The number of carbonyl (C=O) groups is 1. The van der Waals surface area contributed by atoms with Crippen LogP contribution < -0.4 is 14.8 Å². The minimum Gasteiger partial charge on any atom is -0.495 e. The van der Waals surface area contributed by atoms with Crippen molar-refractivity contribution in [3.63, 3.8) is 0 Å². The molecule has 3 rings (SSSR count). The summed E-state index contributed by atoms with van der Waals surface area (Å²) >= 11 is 6.11. The van der Waals surface area contributed by atoms with E-state index < -0.39 is 10.0 Å². The van der Waals surface area contributed by atoms with Crippen molar-refractivity contribution in [2.45, 2.75) is 25.5 Å². The molecule has 2 aromatic rings. The van der Waals surface area contributed by atoms with Crippen molar-refractivity contribution in [2.75, 3.05) is 32.6 Å². The molecule has 1 saturated heterocycles. The highest BCUT2D eigenvalue weighted by Gasteiger charge is 2.31. The van der Waals surface area contributed by atoms with Gasteiger partial charge in [0.05, 0.1) is 30.7 Å². The van der Waals surface area contributed by atoms with Gasteiger partial charge in [-0.1, -0.05) is 35.9 Å². The molecular formula is C22H27ClN2O5S. The molecule has 1 heterocycles. The molecule has 1 N–H and O–H groups in total. The lowest BCUT2D eigenvalue weighted by Crippen LogP contribution is -2.42. The van der Waals surface area contributed by atoms with Crippen LogP contribution >= 0.6 is 11.6 Å². The molecule has 1 aliphatic rings. The lowest BCUT2D eigenvalue weighted by molar-refractivity contribution is -0.120. The fraction of sp³-hybridized carbons (Fsp3) is 0.409. The van der Waals surface area contributed by atoms with Crippen molar-refractivity contribution in [3.8, 4) is 11.5 Å². The van der Waals surface area contributed by atoms with Crippen molar-refractivity contribution in [1.29, 1.82) is 0 Å². The number of hydrogen-bond donors (Lipinski definition) is 1. The van der Waals surface area contributed by atoms with Crippen molar-refractivity contribution >= 4 is 33.2 Å². The molecule has 31 heavy (non-hydrogen) atoms. The van der Waals surface area contributed by atoms with Gasteiger partial charge in [0.15, 0.2) is 0 Å². The lowest BCUT2D eigenvalue weighted by atomic mass is 9.97. The van der Waals surface area contributed by atoms with Crippen LogP contribution in [0.25, 0.3) is 0 Å². The zero-order chi connectivity index (χ0) is 22.6. The molecule has 0 saturated carbocycles. The molecule has 7 nitrogen and oxygen atoms in total. The third kappa shape index (κ3) is 5.50. The van der Waals surface area contributed by atoms with Gasteiger partial charge in [0.2, 0.25) is 15.9 Å². The number of hydrogen-bond acceptors (Lipinski definition) is 5. The Labute approximate surface area is 188 Å². The van der Waals surface area contributed by atoms with Gasteiger partial charge in [0.1, 0.15) is 11.5 Å². The molecule has 0 radical (unpaired) electrons. The summed E-state index contributed by atoms with van der Waals surface area (Å²) in [4.78, 5) is 12.8. The summed E-state index contributed by atoms with van der Waals surface area (Å²) in [5.74, 6) is 0.348. The maximum atomic E-state index is 12.8. The summed E-state index contributed by atoms with van der Waals surface area (Å²) in [7, 11) is -0.457. The van der Waals surface area contributed by atoms with Gasteiger partial charge in [0.25, 0.3) is 0 Å². The van der Waals surface area contributed by atoms with Crippen LogP contribution in [0, 0.1) is 12.8 Å². The van der Waals surface area contributed by atoms with Gasteiger partial charge in [-0.15, -0.1) is 0 Å². The summed E-state index contributed by atoms with van der Waals surface area (Å²) in [6.07, 6.45) is 0.901. The van der Waals surface area contributed by atoms with Crippen LogP contribution in [-0.4, -0.2) is 45.9 Å². The molecule has 0 spiro atoms. The molecule has 0 aromatic heterocycles. The standard InChI is InChI=1S/C22H27ClN2O5S/c1-15-6-4-5-7-17(15)14-31(27,28)25-10-8-16(9-11-25)22(26)24-19-13-20(29-2)18(23)12-21(19)30-3/h4-7,12-13,16H,8-11,14H2,1-3H3,(H,24,26). The van der Waals surface area contributed by atoms with Crippen LogP contribution in [0.15, 0.2) is 36.4 Å². The Kier molecular flexibility index (Phi) is 7.46. The molecule has 2 aromatic carbocycles. The van der Waals surface area contributed by atoms with Crippen molar-refractivity contribution in [2.24, 2.45) is 5.92 Å². The second kappa shape index (κ2) is 9.89. The molecule has 0 unspecified atom stereocenters. The topological polar surface area (TPSA) is 84.9 Å².